The van der Waals surface area contributed by atoms with Gasteiger partial charge in [0.05, 0.1) is 12.0 Å². The zero-order valence-electron chi connectivity index (χ0n) is 18.3. The topological polar surface area (TPSA) is 111 Å². The predicted molar refractivity (Wildman–Crippen MR) is 115 cm³/mol. The Morgan fingerprint density at radius 3 is 2.38 bits per heavy atom. The van der Waals surface area contributed by atoms with Crippen molar-refractivity contribution in [1.82, 2.24) is 10.2 Å². The van der Waals surface area contributed by atoms with Crippen molar-refractivity contribution in [3.05, 3.63) is 64.0 Å². The standard InChI is InChI=1S/C22H26FN3O6/c1-14(2)24-22(28)15(3)25(12-16-5-7-17(23)8-6-16)21(27)13-32-18-9-10-19(26(29)30)20(11-18)31-4/h5-11,14-15H,12-13H2,1-4H3,(H,24,28)/t15-/m1/s1. The number of nitrogens with one attached hydrogen (secondary N) is 1. The Labute approximate surface area is 185 Å². The first kappa shape index (κ1) is 24.6. The number of nitro benzene ring substituents is 1. The van der Waals surface area contributed by atoms with Crippen LogP contribution in [0.5, 0.6) is 11.5 Å². The van der Waals surface area contributed by atoms with E-state index in [1.54, 1.807) is 6.92 Å². The second kappa shape index (κ2) is 11.1. The first-order valence-electron chi connectivity index (χ1n) is 9.92. The van der Waals surface area contributed by atoms with Gasteiger partial charge in [-0.3, -0.25) is 19.7 Å². The van der Waals surface area contributed by atoms with Gasteiger partial charge in [0.1, 0.15) is 17.6 Å². The summed E-state index contributed by atoms with van der Waals surface area (Å²) in [4.78, 5) is 37.2. The predicted octanol–water partition coefficient (Wildman–Crippen LogP) is 3.06. The largest absolute Gasteiger partial charge is 0.490 e. The summed E-state index contributed by atoms with van der Waals surface area (Å²) in [6, 6.07) is 8.56. The molecule has 2 aromatic carbocycles. The average Bonchev–Trinajstić information content (AvgIpc) is 2.75. The molecule has 0 radical (unpaired) electrons. The van der Waals surface area contributed by atoms with Gasteiger partial charge in [0.15, 0.2) is 6.61 Å². The lowest BCUT2D eigenvalue weighted by Crippen LogP contribution is -2.50. The van der Waals surface area contributed by atoms with E-state index in [2.05, 4.69) is 5.32 Å². The fourth-order valence-corrected chi connectivity index (χ4v) is 2.90. The SMILES string of the molecule is COc1cc(OCC(=O)N(Cc2ccc(F)cc2)[C@H](C)C(=O)NC(C)C)ccc1[N+](=O)[O-]. The lowest BCUT2D eigenvalue weighted by Gasteiger charge is -2.29. The van der Waals surface area contributed by atoms with Crippen LogP contribution in [0.4, 0.5) is 10.1 Å². The van der Waals surface area contributed by atoms with Crippen molar-refractivity contribution >= 4 is 17.5 Å². The molecule has 0 heterocycles. The molecular formula is C22H26FN3O6. The number of nitro groups is 1. The van der Waals surface area contributed by atoms with E-state index in [0.717, 1.165) is 0 Å². The van der Waals surface area contributed by atoms with E-state index in [1.807, 2.05) is 13.8 Å². The Morgan fingerprint density at radius 1 is 1.16 bits per heavy atom. The van der Waals surface area contributed by atoms with Gasteiger partial charge in [0.25, 0.3) is 5.91 Å². The fourth-order valence-electron chi connectivity index (χ4n) is 2.90. The minimum atomic E-state index is -0.815. The van der Waals surface area contributed by atoms with Crippen LogP contribution in [0.3, 0.4) is 0 Å². The molecule has 9 nitrogen and oxygen atoms in total. The summed E-state index contributed by atoms with van der Waals surface area (Å²) in [7, 11) is 1.29. The molecule has 0 fully saturated rings. The maximum Gasteiger partial charge on any atom is 0.311 e. The van der Waals surface area contributed by atoms with Gasteiger partial charge < -0.3 is 19.7 Å². The molecule has 1 atom stereocenters. The van der Waals surface area contributed by atoms with Gasteiger partial charge in [-0.25, -0.2) is 4.39 Å². The van der Waals surface area contributed by atoms with E-state index in [0.29, 0.717) is 5.56 Å². The fraction of sp³-hybridized carbons (Fsp3) is 0.364. The zero-order valence-corrected chi connectivity index (χ0v) is 18.3. The Kier molecular flexibility index (Phi) is 8.51. The van der Waals surface area contributed by atoms with Crippen LogP contribution >= 0.6 is 0 Å². The Bertz CT molecular complexity index is 965. The van der Waals surface area contributed by atoms with Crippen LogP contribution in [0, 0.1) is 15.9 Å². The van der Waals surface area contributed by atoms with E-state index in [-0.39, 0.29) is 35.7 Å². The number of nitrogens with zero attached hydrogens (tertiary/aromatic N) is 2. The molecule has 2 rings (SSSR count). The van der Waals surface area contributed by atoms with Crippen LogP contribution in [0.2, 0.25) is 0 Å². The molecule has 0 saturated carbocycles. The Balaban J connectivity index is 2.18. The van der Waals surface area contributed by atoms with Gasteiger partial charge in [0.2, 0.25) is 11.7 Å². The molecule has 0 saturated heterocycles. The monoisotopic (exact) mass is 447 g/mol. The number of methoxy groups -OCH3 is 1. The lowest BCUT2D eigenvalue weighted by atomic mass is 10.1. The molecule has 0 aromatic heterocycles. The first-order chi connectivity index (χ1) is 15.1. The van der Waals surface area contributed by atoms with Gasteiger partial charge >= 0.3 is 5.69 Å². The van der Waals surface area contributed by atoms with E-state index >= 15 is 0 Å². The highest BCUT2D eigenvalue weighted by molar-refractivity contribution is 5.88. The number of carbonyl (C=O) groups excluding carboxylic acids is 2. The number of halogens is 1. The quantitative estimate of drug-likeness (QED) is 0.443. The second-order valence-corrected chi connectivity index (χ2v) is 7.37. The van der Waals surface area contributed by atoms with Crippen LogP contribution < -0.4 is 14.8 Å². The third kappa shape index (κ3) is 6.66. The van der Waals surface area contributed by atoms with Crippen LogP contribution in [-0.2, 0) is 16.1 Å². The van der Waals surface area contributed by atoms with Gasteiger partial charge in [-0.2, -0.15) is 0 Å². The summed E-state index contributed by atoms with van der Waals surface area (Å²) in [5, 5.41) is 13.8. The third-order valence-corrected chi connectivity index (χ3v) is 4.57. The number of carbonyl (C=O) groups is 2. The molecule has 0 aliphatic carbocycles. The second-order valence-electron chi connectivity index (χ2n) is 7.37. The molecule has 0 aliphatic heterocycles. The molecule has 172 valence electrons. The van der Waals surface area contributed by atoms with Crippen LogP contribution in [-0.4, -0.2) is 47.4 Å². The molecule has 0 spiro atoms. The van der Waals surface area contributed by atoms with E-state index < -0.39 is 29.3 Å². The summed E-state index contributed by atoms with van der Waals surface area (Å²) >= 11 is 0. The van der Waals surface area contributed by atoms with Crippen molar-refractivity contribution < 1.29 is 28.4 Å². The molecule has 0 aliphatic rings. The maximum atomic E-state index is 13.2. The van der Waals surface area contributed by atoms with Crippen molar-refractivity contribution in [2.24, 2.45) is 0 Å². The van der Waals surface area contributed by atoms with Crippen LogP contribution in [0.1, 0.15) is 26.3 Å². The smallest absolute Gasteiger partial charge is 0.311 e. The summed E-state index contributed by atoms with van der Waals surface area (Å²) < 4.78 is 23.7. The Morgan fingerprint density at radius 2 is 1.81 bits per heavy atom. The van der Waals surface area contributed by atoms with E-state index in [4.69, 9.17) is 9.47 Å². The highest BCUT2D eigenvalue weighted by atomic mass is 19.1. The van der Waals surface area contributed by atoms with E-state index in [1.165, 1.54) is 54.5 Å². The normalized spacial score (nSPS) is 11.6. The van der Waals surface area contributed by atoms with Gasteiger partial charge in [-0.1, -0.05) is 12.1 Å². The van der Waals surface area contributed by atoms with Gasteiger partial charge in [-0.05, 0) is 44.5 Å². The molecule has 10 heteroatoms. The van der Waals surface area contributed by atoms with Gasteiger partial charge in [0, 0.05) is 24.7 Å². The van der Waals surface area contributed by atoms with Gasteiger partial charge in [-0.15, -0.1) is 0 Å². The zero-order chi connectivity index (χ0) is 23.8. The number of rotatable bonds is 10. The number of benzene rings is 2. The molecule has 32 heavy (non-hydrogen) atoms. The number of hydrogen-bond donors (Lipinski definition) is 1. The van der Waals surface area contributed by atoms with Crippen LogP contribution in [0.15, 0.2) is 42.5 Å². The highest BCUT2D eigenvalue weighted by Gasteiger charge is 2.27. The molecule has 2 amide bonds. The van der Waals surface area contributed by atoms with Crippen molar-refractivity contribution in [2.75, 3.05) is 13.7 Å². The molecule has 0 bridgehead atoms. The molecular weight excluding hydrogens is 421 g/mol. The third-order valence-electron chi connectivity index (χ3n) is 4.57. The molecule has 1 N–H and O–H groups in total. The maximum absolute atomic E-state index is 13.2. The van der Waals surface area contributed by atoms with Crippen molar-refractivity contribution in [3.63, 3.8) is 0 Å². The Hall–Kier alpha value is -3.69. The minimum Gasteiger partial charge on any atom is -0.490 e. The number of hydrogen-bond acceptors (Lipinski definition) is 6. The summed E-state index contributed by atoms with van der Waals surface area (Å²) in [6.45, 7) is 4.86. The number of ether oxygens (including phenoxy) is 2. The lowest BCUT2D eigenvalue weighted by molar-refractivity contribution is -0.385. The molecule has 0 unspecified atom stereocenters. The van der Waals surface area contributed by atoms with Crippen molar-refractivity contribution in [2.45, 2.75) is 39.4 Å². The van der Waals surface area contributed by atoms with Crippen molar-refractivity contribution in [3.8, 4) is 11.5 Å². The van der Waals surface area contributed by atoms with E-state index in [9.17, 15) is 24.1 Å². The number of amides is 2. The average molecular weight is 447 g/mol. The van der Waals surface area contributed by atoms with Crippen LogP contribution in [0.25, 0.3) is 0 Å². The highest BCUT2D eigenvalue weighted by Crippen LogP contribution is 2.30. The minimum absolute atomic E-state index is 0.00667. The molecule has 2 aromatic rings. The summed E-state index contributed by atoms with van der Waals surface area (Å²) in [5.41, 5.74) is 0.407. The van der Waals surface area contributed by atoms with Crippen molar-refractivity contribution in [1.29, 1.82) is 0 Å². The first-order valence-corrected chi connectivity index (χ1v) is 9.92. The summed E-state index contributed by atoms with van der Waals surface area (Å²) in [5.74, 6) is -1.05. The summed E-state index contributed by atoms with van der Waals surface area (Å²) in [6.07, 6.45) is 0.